The van der Waals surface area contributed by atoms with Gasteiger partial charge in [-0.2, -0.15) is 0 Å². The lowest BCUT2D eigenvalue weighted by atomic mass is 9.98. The van der Waals surface area contributed by atoms with Crippen LogP contribution in [-0.2, 0) is 31.9 Å². The Bertz CT molecular complexity index is 1020. The summed E-state index contributed by atoms with van der Waals surface area (Å²) in [4.78, 5) is 23.5. The fourth-order valence-corrected chi connectivity index (χ4v) is 3.91. The van der Waals surface area contributed by atoms with E-state index in [0.717, 1.165) is 5.56 Å². The van der Waals surface area contributed by atoms with Crippen molar-refractivity contribution in [3.8, 4) is 34.5 Å². The van der Waals surface area contributed by atoms with Crippen LogP contribution in [0.25, 0.3) is 0 Å². The van der Waals surface area contributed by atoms with E-state index < -0.39 is 24.1 Å². The number of esters is 2. The molecule has 0 amide bonds. The summed E-state index contributed by atoms with van der Waals surface area (Å²) in [5.41, 5.74) is 1.47. The molecule has 2 aromatic rings. The molecule has 0 saturated heterocycles. The number of carbonyl (C=O) groups excluding carboxylic acids is 2. The SMILES string of the molecule is COc1cc(CCC(CC(CCc2cc(OC)c(O)c(OC)c2)OC(C)=O)OC(C)=O)cc(O)c1O. The third-order valence-corrected chi connectivity index (χ3v) is 5.58. The first-order chi connectivity index (χ1) is 17.1. The van der Waals surface area contributed by atoms with E-state index in [1.165, 1.54) is 41.2 Å². The standard InChI is InChI=1S/C26H34O10/c1-15(27)35-19(8-6-17-10-21(29)25(30)22(11-17)32-3)14-20(36-16(2)28)9-7-18-12-23(33-4)26(31)24(13-18)34-5/h10-13,19-20,29-31H,6-9,14H2,1-5H3. The molecule has 0 fully saturated rings. The molecule has 10 heteroatoms. The average Bonchev–Trinajstić information content (AvgIpc) is 2.82. The van der Waals surface area contributed by atoms with Gasteiger partial charge in [-0.1, -0.05) is 0 Å². The molecule has 0 aliphatic heterocycles. The molecule has 2 rings (SSSR count). The van der Waals surface area contributed by atoms with Crippen molar-refractivity contribution in [2.24, 2.45) is 0 Å². The van der Waals surface area contributed by atoms with Crippen LogP contribution in [0.5, 0.6) is 34.5 Å². The maximum atomic E-state index is 11.8. The lowest BCUT2D eigenvalue weighted by molar-refractivity contribution is -0.153. The molecule has 0 aliphatic carbocycles. The van der Waals surface area contributed by atoms with Gasteiger partial charge in [0.05, 0.1) is 21.3 Å². The average molecular weight is 507 g/mol. The Morgan fingerprint density at radius 2 is 1.08 bits per heavy atom. The molecule has 0 aromatic heterocycles. The molecule has 10 nitrogen and oxygen atoms in total. The van der Waals surface area contributed by atoms with Gasteiger partial charge in [0.1, 0.15) is 12.2 Å². The fourth-order valence-electron chi connectivity index (χ4n) is 3.91. The minimum Gasteiger partial charge on any atom is -0.504 e. The largest absolute Gasteiger partial charge is 0.504 e. The molecule has 0 heterocycles. The molecule has 0 saturated carbocycles. The Hall–Kier alpha value is -3.82. The maximum absolute atomic E-state index is 11.8. The van der Waals surface area contributed by atoms with Crippen LogP contribution < -0.4 is 14.2 Å². The van der Waals surface area contributed by atoms with Crippen LogP contribution in [0.2, 0.25) is 0 Å². The number of benzene rings is 2. The normalized spacial score (nSPS) is 12.4. The first-order valence-corrected chi connectivity index (χ1v) is 11.4. The van der Waals surface area contributed by atoms with Crippen molar-refractivity contribution in [2.75, 3.05) is 21.3 Å². The Morgan fingerprint density at radius 3 is 1.47 bits per heavy atom. The molecule has 2 atom stereocenters. The monoisotopic (exact) mass is 506 g/mol. The number of rotatable bonds is 13. The maximum Gasteiger partial charge on any atom is 0.302 e. The van der Waals surface area contributed by atoms with Gasteiger partial charge in [-0.15, -0.1) is 0 Å². The van der Waals surface area contributed by atoms with Gasteiger partial charge in [-0.05, 0) is 61.1 Å². The number of ether oxygens (including phenoxy) is 5. The summed E-state index contributed by atoms with van der Waals surface area (Å²) in [6.45, 7) is 2.62. The van der Waals surface area contributed by atoms with Crippen LogP contribution in [0, 0.1) is 0 Å². The second-order valence-corrected chi connectivity index (χ2v) is 8.29. The third kappa shape index (κ3) is 8.14. The van der Waals surface area contributed by atoms with Crippen molar-refractivity contribution in [3.63, 3.8) is 0 Å². The van der Waals surface area contributed by atoms with Crippen LogP contribution in [0.15, 0.2) is 24.3 Å². The van der Waals surface area contributed by atoms with E-state index in [1.54, 1.807) is 18.2 Å². The first-order valence-electron chi connectivity index (χ1n) is 11.4. The number of carbonyl (C=O) groups is 2. The lowest BCUT2D eigenvalue weighted by Crippen LogP contribution is -2.27. The highest BCUT2D eigenvalue weighted by molar-refractivity contribution is 5.66. The van der Waals surface area contributed by atoms with Crippen LogP contribution in [-0.4, -0.2) is 60.8 Å². The predicted molar refractivity (Wildman–Crippen MR) is 130 cm³/mol. The Balaban J connectivity index is 2.16. The van der Waals surface area contributed by atoms with Gasteiger partial charge in [-0.3, -0.25) is 9.59 Å². The molecule has 2 unspecified atom stereocenters. The lowest BCUT2D eigenvalue weighted by Gasteiger charge is -2.24. The predicted octanol–water partition coefficient (Wildman–Crippen LogP) is 3.65. The molecule has 2 aromatic carbocycles. The summed E-state index contributed by atoms with van der Waals surface area (Å²) in [7, 11) is 4.25. The zero-order valence-corrected chi connectivity index (χ0v) is 21.2. The van der Waals surface area contributed by atoms with E-state index in [2.05, 4.69) is 0 Å². The number of phenols is 3. The molecule has 36 heavy (non-hydrogen) atoms. The van der Waals surface area contributed by atoms with Crippen LogP contribution in [0.3, 0.4) is 0 Å². The Kier molecular flexibility index (Phi) is 10.5. The summed E-state index contributed by atoms with van der Waals surface area (Å²) >= 11 is 0. The van der Waals surface area contributed by atoms with Crippen molar-refractivity contribution in [1.82, 2.24) is 0 Å². The molecule has 3 N–H and O–H groups in total. The second kappa shape index (κ2) is 13.3. The van der Waals surface area contributed by atoms with Gasteiger partial charge in [-0.25, -0.2) is 0 Å². The summed E-state index contributed by atoms with van der Waals surface area (Å²) in [6.07, 6.45) is 0.806. The summed E-state index contributed by atoms with van der Waals surface area (Å²) in [5.74, 6) is -1.05. The quantitative estimate of drug-likeness (QED) is 0.272. The molecule has 0 spiro atoms. The van der Waals surface area contributed by atoms with Crippen molar-refractivity contribution >= 4 is 11.9 Å². The van der Waals surface area contributed by atoms with Gasteiger partial charge in [0, 0.05) is 20.3 Å². The van der Waals surface area contributed by atoms with Gasteiger partial charge in [0.15, 0.2) is 23.0 Å². The molecule has 0 bridgehead atoms. The van der Waals surface area contributed by atoms with E-state index in [9.17, 15) is 24.9 Å². The Labute approximate surface area is 210 Å². The minimum absolute atomic E-state index is 0.105. The van der Waals surface area contributed by atoms with Crippen molar-refractivity contribution in [2.45, 2.75) is 58.2 Å². The van der Waals surface area contributed by atoms with Gasteiger partial charge < -0.3 is 39.0 Å². The number of aromatic hydroxyl groups is 3. The summed E-state index contributed by atoms with van der Waals surface area (Å²) in [5, 5.41) is 29.9. The van der Waals surface area contributed by atoms with E-state index in [4.69, 9.17) is 23.7 Å². The zero-order valence-electron chi connectivity index (χ0n) is 21.2. The minimum atomic E-state index is -0.572. The Morgan fingerprint density at radius 1 is 0.694 bits per heavy atom. The molecular formula is C26H34O10. The van der Waals surface area contributed by atoms with Gasteiger partial charge >= 0.3 is 11.9 Å². The number of methoxy groups -OCH3 is 3. The second-order valence-electron chi connectivity index (χ2n) is 8.29. The number of hydrogen-bond donors (Lipinski definition) is 3. The summed E-state index contributed by atoms with van der Waals surface area (Å²) < 4.78 is 26.5. The van der Waals surface area contributed by atoms with E-state index >= 15 is 0 Å². The van der Waals surface area contributed by atoms with Crippen molar-refractivity contribution in [3.05, 3.63) is 35.4 Å². The van der Waals surface area contributed by atoms with E-state index in [1.807, 2.05) is 0 Å². The van der Waals surface area contributed by atoms with E-state index in [-0.39, 0.29) is 40.9 Å². The highest BCUT2D eigenvalue weighted by atomic mass is 16.6. The van der Waals surface area contributed by atoms with Gasteiger partial charge in [0.25, 0.3) is 0 Å². The summed E-state index contributed by atoms with van der Waals surface area (Å²) in [6, 6.07) is 6.36. The van der Waals surface area contributed by atoms with Crippen LogP contribution in [0.1, 0.15) is 44.2 Å². The first kappa shape index (κ1) is 28.4. The molecule has 0 aliphatic rings. The number of phenolic OH excluding ortho intramolecular Hbond substituents is 3. The molecular weight excluding hydrogens is 472 g/mol. The topological polar surface area (TPSA) is 141 Å². The highest BCUT2D eigenvalue weighted by Crippen LogP contribution is 2.38. The molecule has 0 radical (unpaired) electrons. The van der Waals surface area contributed by atoms with Crippen molar-refractivity contribution in [1.29, 1.82) is 0 Å². The smallest absolute Gasteiger partial charge is 0.302 e. The molecule has 198 valence electrons. The van der Waals surface area contributed by atoms with Crippen LogP contribution in [0.4, 0.5) is 0 Å². The highest BCUT2D eigenvalue weighted by Gasteiger charge is 2.23. The van der Waals surface area contributed by atoms with Gasteiger partial charge in [0.2, 0.25) is 11.5 Å². The third-order valence-electron chi connectivity index (χ3n) is 5.58. The van der Waals surface area contributed by atoms with Crippen LogP contribution >= 0.6 is 0 Å². The van der Waals surface area contributed by atoms with E-state index in [0.29, 0.717) is 31.2 Å². The number of aryl methyl sites for hydroxylation is 2. The zero-order chi connectivity index (χ0) is 26.8. The van der Waals surface area contributed by atoms with Crippen molar-refractivity contribution < 1.29 is 48.6 Å². The number of hydrogen-bond acceptors (Lipinski definition) is 10. The fraction of sp³-hybridized carbons (Fsp3) is 0.462.